The molecular formula is C26H19BrN2O8S. The van der Waals surface area contributed by atoms with Crippen LogP contribution in [0.4, 0.5) is 5.13 Å². The monoisotopic (exact) mass is 598 g/mol. The van der Waals surface area contributed by atoms with E-state index < -0.39 is 29.5 Å². The molecule has 1 unspecified atom stereocenters. The van der Waals surface area contributed by atoms with E-state index in [1.165, 1.54) is 32.4 Å². The number of thiazole rings is 1. The van der Waals surface area contributed by atoms with Crippen LogP contribution in [-0.2, 0) is 9.53 Å². The predicted molar refractivity (Wildman–Crippen MR) is 141 cm³/mol. The summed E-state index contributed by atoms with van der Waals surface area (Å²) in [5.41, 5.74) is 0.822. The first kappa shape index (κ1) is 25.5. The Hall–Kier alpha value is -4.16. The maximum absolute atomic E-state index is 13.8. The molecule has 2 aromatic carbocycles. The highest BCUT2D eigenvalue weighted by Crippen LogP contribution is 2.47. The molecule has 0 aliphatic carbocycles. The Labute approximate surface area is 227 Å². The normalized spacial score (nSPS) is 15.4. The minimum absolute atomic E-state index is 0.0556. The molecule has 0 saturated carbocycles. The number of hydrogen-bond acceptors (Lipinski definition) is 10. The number of anilines is 1. The average Bonchev–Trinajstić information content (AvgIpc) is 3.58. The third-order valence-corrected chi connectivity index (χ3v) is 7.79. The van der Waals surface area contributed by atoms with Gasteiger partial charge < -0.3 is 24.1 Å². The molecule has 2 aromatic heterocycles. The number of ether oxygens (including phenoxy) is 2. The summed E-state index contributed by atoms with van der Waals surface area (Å²) in [5.74, 6) is -3.26. The number of phenols is 1. The number of aryl methyl sites for hydroxylation is 1. The van der Waals surface area contributed by atoms with Gasteiger partial charge in [0.05, 0.1) is 36.0 Å². The second-order valence-corrected chi connectivity index (χ2v) is 10.1. The SMILES string of the molecule is COC(=O)c1sc(N2C(=O)C(O)=C(C(=O)c3cc4ccccc4o3)C2c2cc(Br)c(O)c(OC)c2)nc1C. The van der Waals surface area contributed by atoms with Crippen LogP contribution in [0.2, 0.25) is 0 Å². The largest absolute Gasteiger partial charge is 0.503 e. The first-order valence-corrected chi connectivity index (χ1v) is 12.7. The highest BCUT2D eigenvalue weighted by Gasteiger charge is 2.47. The van der Waals surface area contributed by atoms with Crippen LogP contribution in [0, 0.1) is 6.92 Å². The summed E-state index contributed by atoms with van der Waals surface area (Å²) >= 11 is 4.15. The molecule has 1 aliphatic rings. The van der Waals surface area contributed by atoms with Gasteiger partial charge in [0.1, 0.15) is 10.5 Å². The maximum Gasteiger partial charge on any atom is 0.350 e. The van der Waals surface area contributed by atoms with Crippen molar-refractivity contribution in [3.8, 4) is 11.5 Å². The number of amides is 1. The number of ketones is 1. The third-order valence-electron chi connectivity index (χ3n) is 6.05. The maximum atomic E-state index is 13.8. The van der Waals surface area contributed by atoms with Crippen LogP contribution >= 0.6 is 27.3 Å². The van der Waals surface area contributed by atoms with E-state index >= 15 is 0 Å². The number of carbonyl (C=O) groups excluding carboxylic acids is 3. The first-order valence-electron chi connectivity index (χ1n) is 11.1. The summed E-state index contributed by atoms with van der Waals surface area (Å²) < 4.78 is 16.0. The Bertz CT molecular complexity index is 1640. The minimum atomic E-state index is -1.20. The van der Waals surface area contributed by atoms with Gasteiger partial charge in [0, 0.05) is 5.39 Å². The summed E-state index contributed by atoms with van der Waals surface area (Å²) in [4.78, 5) is 45.1. The van der Waals surface area contributed by atoms with Crippen molar-refractivity contribution in [2.24, 2.45) is 0 Å². The molecule has 1 atom stereocenters. The molecule has 0 radical (unpaired) electrons. The summed E-state index contributed by atoms with van der Waals surface area (Å²) in [6.45, 7) is 1.58. The van der Waals surface area contributed by atoms with E-state index in [1.54, 1.807) is 31.2 Å². The van der Waals surface area contributed by atoms with E-state index in [9.17, 15) is 24.6 Å². The summed E-state index contributed by atoms with van der Waals surface area (Å²) in [5, 5.41) is 22.1. The van der Waals surface area contributed by atoms with Crippen LogP contribution in [0.5, 0.6) is 11.5 Å². The second-order valence-electron chi connectivity index (χ2n) is 8.27. The van der Waals surface area contributed by atoms with Gasteiger partial charge in [-0.3, -0.25) is 14.5 Å². The number of aromatic nitrogens is 1. The number of rotatable bonds is 6. The van der Waals surface area contributed by atoms with Crippen LogP contribution < -0.4 is 9.64 Å². The quantitative estimate of drug-likeness (QED) is 0.225. The van der Waals surface area contributed by atoms with Crippen LogP contribution in [0.1, 0.15) is 37.5 Å². The van der Waals surface area contributed by atoms with E-state index in [1.807, 2.05) is 0 Å². The molecule has 10 nitrogen and oxygen atoms in total. The fourth-order valence-corrected chi connectivity index (χ4v) is 5.72. The zero-order valence-corrected chi connectivity index (χ0v) is 22.5. The van der Waals surface area contributed by atoms with Gasteiger partial charge in [-0.15, -0.1) is 0 Å². The molecule has 0 spiro atoms. The zero-order valence-electron chi connectivity index (χ0n) is 20.1. The number of fused-ring (bicyclic) bond motifs is 1. The molecule has 0 saturated heterocycles. The van der Waals surface area contributed by atoms with Crippen LogP contribution in [-0.4, -0.2) is 47.1 Å². The third kappa shape index (κ3) is 4.02. The number of para-hydroxylation sites is 1. The standard InChI is InChI=1S/C26H19BrN2O8S/c1-11-23(25(34)36-3)38-26(28-11)29-19(13-8-14(27)20(30)16(10-13)35-2)18(22(32)24(29)33)21(31)17-9-12-6-4-5-7-15(12)37-17/h4-10,19,30,32H,1-3H3. The fourth-order valence-electron chi connectivity index (χ4n) is 4.25. The first-order chi connectivity index (χ1) is 18.2. The molecule has 38 heavy (non-hydrogen) atoms. The molecule has 2 N–H and O–H groups in total. The highest BCUT2D eigenvalue weighted by molar-refractivity contribution is 9.10. The number of halogens is 1. The zero-order chi connectivity index (χ0) is 27.3. The fraction of sp³-hybridized carbons (Fsp3) is 0.154. The topological polar surface area (TPSA) is 139 Å². The number of nitrogens with zero attached hydrogens (tertiary/aromatic N) is 2. The Kier molecular flexibility index (Phi) is 6.45. The molecule has 1 amide bonds. The van der Waals surface area contributed by atoms with Crippen molar-refractivity contribution in [1.29, 1.82) is 0 Å². The van der Waals surface area contributed by atoms with Crippen LogP contribution in [0.15, 0.2) is 62.7 Å². The lowest BCUT2D eigenvalue weighted by Gasteiger charge is -2.25. The molecule has 12 heteroatoms. The van der Waals surface area contributed by atoms with Gasteiger partial charge >= 0.3 is 5.97 Å². The van der Waals surface area contributed by atoms with Crippen molar-refractivity contribution in [2.45, 2.75) is 13.0 Å². The number of hydrogen-bond donors (Lipinski definition) is 2. The number of furan rings is 1. The van der Waals surface area contributed by atoms with Gasteiger partial charge in [0.15, 0.2) is 28.1 Å². The van der Waals surface area contributed by atoms with Crippen LogP contribution in [0.3, 0.4) is 0 Å². The molecule has 194 valence electrons. The number of phenolic OH excluding ortho intramolecular Hbond substituents is 1. The number of esters is 1. The van der Waals surface area contributed by atoms with Crippen molar-refractivity contribution in [3.05, 3.63) is 80.2 Å². The average molecular weight is 599 g/mol. The molecule has 5 rings (SSSR count). The number of carbonyl (C=O) groups is 3. The summed E-state index contributed by atoms with van der Waals surface area (Å²) in [6.07, 6.45) is 0. The van der Waals surface area contributed by atoms with Gasteiger partial charge in [-0.25, -0.2) is 9.78 Å². The number of aliphatic hydroxyl groups excluding tert-OH is 1. The smallest absolute Gasteiger partial charge is 0.350 e. The Balaban J connectivity index is 1.71. The van der Waals surface area contributed by atoms with Crippen molar-refractivity contribution >= 4 is 61.0 Å². The lowest BCUT2D eigenvalue weighted by atomic mass is 9.95. The van der Waals surface area contributed by atoms with Gasteiger partial charge in [-0.1, -0.05) is 29.5 Å². The molecule has 0 fully saturated rings. The molecule has 1 aliphatic heterocycles. The molecule has 4 aromatic rings. The van der Waals surface area contributed by atoms with Crippen molar-refractivity contribution in [2.75, 3.05) is 19.1 Å². The summed E-state index contributed by atoms with van der Waals surface area (Å²) in [6, 6.07) is 10.3. The number of methoxy groups -OCH3 is 2. The van der Waals surface area contributed by atoms with Crippen molar-refractivity contribution in [3.63, 3.8) is 0 Å². The van der Waals surface area contributed by atoms with Gasteiger partial charge in [0.25, 0.3) is 5.91 Å². The van der Waals surface area contributed by atoms with Gasteiger partial charge in [-0.2, -0.15) is 0 Å². The van der Waals surface area contributed by atoms with Crippen molar-refractivity contribution < 1.29 is 38.5 Å². The second kappa shape index (κ2) is 9.62. The van der Waals surface area contributed by atoms with Gasteiger partial charge in [-0.05, 0) is 52.7 Å². The Morgan fingerprint density at radius 1 is 1.16 bits per heavy atom. The van der Waals surface area contributed by atoms with E-state index in [-0.39, 0.29) is 37.3 Å². The molecular weight excluding hydrogens is 580 g/mol. The van der Waals surface area contributed by atoms with Crippen LogP contribution in [0.25, 0.3) is 11.0 Å². The Morgan fingerprint density at radius 2 is 1.89 bits per heavy atom. The van der Waals surface area contributed by atoms with E-state index in [0.717, 1.165) is 16.2 Å². The Morgan fingerprint density at radius 3 is 2.58 bits per heavy atom. The van der Waals surface area contributed by atoms with E-state index in [0.29, 0.717) is 22.2 Å². The predicted octanol–water partition coefficient (Wildman–Crippen LogP) is 5.24. The lowest BCUT2D eigenvalue weighted by Crippen LogP contribution is -2.31. The lowest BCUT2D eigenvalue weighted by molar-refractivity contribution is -0.117. The summed E-state index contributed by atoms with van der Waals surface area (Å²) in [7, 11) is 2.58. The van der Waals surface area contributed by atoms with E-state index in [4.69, 9.17) is 13.9 Å². The molecule has 3 heterocycles. The van der Waals surface area contributed by atoms with E-state index in [2.05, 4.69) is 20.9 Å². The number of aromatic hydroxyl groups is 1. The molecule has 0 bridgehead atoms. The number of aliphatic hydroxyl groups is 1. The van der Waals surface area contributed by atoms with Gasteiger partial charge in [0.2, 0.25) is 5.78 Å². The minimum Gasteiger partial charge on any atom is -0.503 e. The number of benzene rings is 2. The van der Waals surface area contributed by atoms with Crippen molar-refractivity contribution in [1.82, 2.24) is 4.98 Å². The number of Topliss-reactive ketones (excluding diaryl/α,β-unsaturated/α-hetero) is 1. The highest BCUT2D eigenvalue weighted by atomic mass is 79.9.